The van der Waals surface area contributed by atoms with Crippen LogP contribution in [0.3, 0.4) is 0 Å². The minimum Gasteiger partial charge on any atom is -0.317 e. The fourth-order valence-electron chi connectivity index (χ4n) is 2.78. The standard InChI is InChI=1S/C14H22N2O2S/c1-16(19(2,17)18)12-14(8-10-15-11-9-14)13-6-4-3-5-7-13/h3-7,15H,8-12H2,1-2H3. The third-order valence-corrected chi connectivity index (χ3v) is 5.30. The number of nitrogens with zero attached hydrogens (tertiary/aromatic N) is 1. The van der Waals surface area contributed by atoms with Crippen LogP contribution in [0.1, 0.15) is 18.4 Å². The average molecular weight is 282 g/mol. The second-order valence-corrected chi connectivity index (χ2v) is 7.50. The molecule has 0 unspecified atom stereocenters. The van der Waals surface area contributed by atoms with Gasteiger partial charge >= 0.3 is 0 Å². The Morgan fingerprint density at radius 2 is 1.79 bits per heavy atom. The molecule has 4 nitrogen and oxygen atoms in total. The van der Waals surface area contributed by atoms with Gasteiger partial charge in [-0.05, 0) is 31.5 Å². The number of benzene rings is 1. The molecule has 1 aliphatic heterocycles. The summed E-state index contributed by atoms with van der Waals surface area (Å²) in [5.74, 6) is 0. The van der Waals surface area contributed by atoms with Gasteiger partial charge in [-0.3, -0.25) is 0 Å². The zero-order chi connectivity index (χ0) is 13.9. The molecule has 19 heavy (non-hydrogen) atoms. The lowest BCUT2D eigenvalue weighted by Gasteiger charge is -2.40. The maximum Gasteiger partial charge on any atom is 0.210 e. The molecule has 1 aromatic rings. The van der Waals surface area contributed by atoms with E-state index in [1.165, 1.54) is 16.1 Å². The van der Waals surface area contributed by atoms with Crippen molar-refractivity contribution in [3.05, 3.63) is 35.9 Å². The average Bonchev–Trinajstić information content (AvgIpc) is 2.40. The number of piperidine rings is 1. The lowest BCUT2D eigenvalue weighted by Crippen LogP contribution is -2.48. The first-order valence-electron chi connectivity index (χ1n) is 6.62. The van der Waals surface area contributed by atoms with Gasteiger partial charge in [0.1, 0.15) is 0 Å². The molecule has 0 aliphatic carbocycles. The van der Waals surface area contributed by atoms with E-state index in [0.717, 1.165) is 25.9 Å². The fourth-order valence-corrected chi connectivity index (χ4v) is 3.26. The first-order chi connectivity index (χ1) is 8.94. The SMILES string of the molecule is CN(CC1(c2ccccc2)CCNCC1)S(C)(=O)=O. The van der Waals surface area contributed by atoms with E-state index in [0.29, 0.717) is 6.54 Å². The Balaban J connectivity index is 2.30. The molecule has 0 bridgehead atoms. The summed E-state index contributed by atoms with van der Waals surface area (Å²) in [6.07, 6.45) is 3.21. The summed E-state index contributed by atoms with van der Waals surface area (Å²) in [6, 6.07) is 10.3. The summed E-state index contributed by atoms with van der Waals surface area (Å²) in [6.45, 7) is 2.43. The fraction of sp³-hybridized carbons (Fsp3) is 0.571. The third kappa shape index (κ3) is 3.35. The van der Waals surface area contributed by atoms with Crippen LogP contribution in [0.25, 0.3) is 0 Å². The number of rotatable bonds is 4. The number of hydrogen-bond donors (Lipinski definition) is 1. The van der Waals surface area contributed by atoms with Gasteiger partial charge in [-0.1, -0.05) is 30.3 Å². The van der Waals surface area contributed by atoms with E-state index in [1.54, 1.807) is 7.05 Å². The van der Waals surface area contributed by atoms with Crippen LogP contribution in [0.5, 0.6) is 0 Å². The highest BCUT2D eigenvalue weighted by Crippen LogP contribution is 2.34. The van der Waals surface area contributed by atoms with Gasteiger partial charge in [0.25, 0.3) is 0 Å². The Morgan fingerprint density at radius 3 is 2.32 bits per heavy atom. The summed E-state index contributed by atoms with van der Waals surface area (Å²) >= 11 is 0. The molecule has 0 amide bonds. The monoisotopic (exact) mass is 282 g/mol. The molecule has 1 aliphatic rings. The predicted octanol–water partition coefficient (Wildman–Crippen LogP) is 1.20. The number of hydrogen-bond acceptors (Lipinski definition) is 3. The Hall–Kier alpha value is -0.910. The van der Waals surface area contributed by atoms with Crippen LogP contribution in [-0.4, -0.2) is 45.7 Å². The molecule has 0 aromatic heterocycles. The van der Waals surface area contributed by atoms with Crippen LogP contribution >= 0.6 is 0 Å². The van der Waals surface area contributed by atoms with Gasteiger partial charge in [0.05, 0.1) is 6.26 Å². The van der Waals surface area contributed by atoms with Crippen LogP contribution in [-0.2, 0) is 15.4 Å². The van der Waals surface area contributed by atoms with E-state index in [-0.39, 0.29) is 5.41 Å². The van der Waals surface area contributed by atoms with Crippen molar-refractivity contribution in [2.24, 2.45) is 0 Å². The van der Waals surface area contributed by atoms with Gasteiger partial charge in [0.15, 0.2) is 0 Å². The Morgan fingerprint density at radius 1 is 1.21 bits per heavy atom. The largest absolute Gasteiger partial charge is 0.317 e. The highest BCUT2D eigenvalue weighted by molar-refractivity contribution is 7.88. The molecule has 1 fully saturated rings. The molecular formula is C14H22N2O2S. The Bertz CT molecular complexity index is 508. The lowest BCUT2D eigenvalue weighted by molar-refractivity contribution is 0.257. The summed E-state index contributed by atoms with van der Waals surface area (Å²) in [7, 11) is -1.47. The topological polar surface area (TPSA) is 49.4 Å². The zero-order valence-electron chi connectivity index (χ0n) is 11.6. The van der Waals surface area contributed by atoms with Gasteiger partial charge in [0, 0.05) is 19.0 Å². The number of sulfonamides is 1. The van der Waals surface area contributed by atoms with Gasteiger partial charge in [-0.15, -0.1) is 0 Å². The summed E-state index contributed by atoms with van der Waals surface area (Å²) in [5, 5.41) is 3.35. The van der Waals surface area contributed by atoms with E-state index in [2.05, 4.69) is 17.4 Å². The van der Waals surface area contributed by atoms with Crippen LogP contribution in [0.15, 0.2) is 30.3 Å². The molecule has 1 heterocycles. The summed E-state index contributed by atoms with van der Waals surface area (Å²) in [4.78, 5) is 0. The highest BCUT2D eigenvalue weighted by atomic mass is 32.2. The second-order valence-electron chi connectivity index (χ2n) is 5.42. The normalized spacial score (nSPS) is 19.5. The van der Waals surface area contributed by atoms with Gasteiger partial charge in [0.2, 0.25) is 10.0 Å². The van der Waals surface area contributed by atoms with Crippen molar-refractivity contribution in [2.75, 3.05) is 32.9 Å². The first kappa shape index (κ1) is 14.5. The van der Waals surface area contributed by atoms with Crippen molar-refractivity contribution in [1.29, 1.82) is 0 Å². The van der Waals surface area contributed by atoms with Gasteiger partial charge < -0.3 is 5.32 Å². The summed E-state index contributed by atoms with van der Waals surface area (Å²) in [5.41, 5.74) is 1.18. The smallest absolute Gasteiger partial charge is 0.210 e. The first-order valence-corrected chi connectivity index (χ1v) is 8.46. The van der Waals surface area contributed by atoms with Gasteiger partial charge in [-0.25, -0.2) is 12.7 Å². The minimum atomic E-state index is -3.14. The van der Waals surface area contributed by atoms with Crippen LogP contribution < -0.4 is 5.32 Å². The quantitative estimate of drug-likeness (QED) is 0.903. The predicted molar refractivity (Wildman–Crippen MR) is 77.7 cm³/mol. The van der Waals surface area contributed by atoms with Gasteiger partial charge in [-0.2, -0.15) is 0 Å². The highest BCUT2D eigenvalue weighted by Gasteiger charge is 2.36. The minimum absolute atomic E-state index is 0.0651. The van der Waals surface area contributed by atoms with Crippen molar-refractivity contribution >= 4 is 10.0 Å². The molecule has 0 spiro atoms. The Kier molecular flexibility index (Phi) is 4.28. The van der Waals surface area contributed by atoms with Crippen LogP contribution in [0, 0.1) is 0 Å². The number of nitrogens with one attached hydrogen (secondary N) is 1. The van der Waals surface area contributed by atoms with Crippen molar-refractivity contribution in [2.45, 2.75) is 18.3 Å². The molecule has 0 saturated carbocycles. The lowest BCUT2D eigenvalue weighted by atomic mass is 9.73. The molecule has 1 N–H and O–H groups in total. The van der Waals surface area contributed by atoms with E-state index in [9.17, 15) is 8.42 Å². The third-order valence-electron chi connectivity index (χ3n) is 4.04. The second kappa shape index (κ2) is 5.61. The molecule has 0 atom stereocenters. The maximum atomic E-state index is 11.7. The van der Waals surface area contributed by atoms with Crippen molar-refractivity contribution < 1.29 is 8.42 Å². The van der Waals surface area contributed by atoms with Crippen LogP contribution in [0.4, 0.5) is 0 Å². The maximum absolute atomic E-state index is 11.7. The molecule has 106 valence electrons. The molecule has 0 radical (unpaired) electrons. The number of likely N-dealkylation sites (N-methyl/N-ethyl adjacent to an activating group) is 1. The van der Waals surface area contributed by atoms with Crippen LogP contribution in [0.2, 0.25) is 0 Å². The summed E-state index contributed by atoms with van der Waals surface area (Å²) < 4.78 is 24.9. The molecule has 1 saturated heterocycles. The van der Waals surface area contributed by atoms with E-state index < -0.39 is 10.0 Å². The zero-order valence-corrected chi connectivity index (χ0v) is 12.4. The van der Waals surface area contributed by atoms with E-state index >= 15 is 0 Å². The molecule has 1 aromatic carbocycles. The van der Waals surface area contributed by atoms with E-state index in [1.807, 2.05) is 18.2 Å². The molecular weight excluding hydrogens is 260 g/mol. The molecule has 2 rings (SSSR count). The van der Waals surface area contributed by atoms with Crippen molar-refractivity contribution in [1.82, 2.24) is 9.62 Å². The van der Waals surface area contributed by atoms with Crippen molar-refractivity contribution in [3.8, 4) is 0 Å². The molecule has 5 heteroatoms. The van der Waals surface area contributed by atoms with Crippen molar-refractivity contribution in [3.63, 3.8) is 0 Å². The Labute approximate surface area is 115 Å². The van der Waals surface area contributed by atoms with E-state index in [4.69, 9.17) is 0 Å².